The topological polar surface area (TPSA) is 104 Å². The van der Waals surface area contributed by atoms with Gasteiger partial charge in [-0.15, -0.1) is 0 Å². The molecular formula is C28H29F8NO5S. The van der Waals surface area contributed by atoms with E-state index in [2.05, 4.69) is 5.32 Å². The SMILES string of the molecule is CC(C)(O)[C@@H](O)C(=O)N[C@@H]1CC[C@@]2(S(=O)(=O)c3ccc(F)cc3)c3ccc(C(F)(C(F)(F)F)C(F)(F)F)cc3CCC[C@@H]12. The van der Waals surface area contributed by atoms with Gasteiger partial charge in [0.2, 0.25) is 0 Å². The minimum absolute atomic E-state index is 0.00725. The predicted molar refractivity (Wildman–Crippen MR) is 136 cm³/mol. The van der Waals surface area contributed by atoms with Gasteiger partial charge in [0, 0.05) is 17.5 Å². The molecule has 0 aliphatic heterocycles. The first-order valence-corrected chi connectivity index (χ1v) is 14.7. The van der Waals surface area contributed by atoms with E-state index < -0.39 is 73.6 Å². The van der Waals surface area contributed by atoms with Crippen LogP contribution < -0.4 is 5.32 Å². The Hall–Kier alpha value is -2.78. The number of sulfone groups is 1. The normalized spacial score (nSPS) is 24.1. The molecular weight excluding hydrogens is 614 g/mol. The smallest absolute Gasteiger partial charge is 0.387 e. The molecule has 2 aromatic carbocycles. The number of hydrogen-bond donors (Lipinski definition) is 3. The maximum absolute atomic E-state index is 15.0. The van der Waals surface area contributed by atoms with Crippen molar-refractivity contribution in [1.82, 2.24) is 5.32 Å². The number of halogens is 8. The Morgan fingerprint density at radius 2 is 1.56 bits per heavy atom. The molecule has 238 valence electrons. The van der Waals surface area contributed by atoms with E-state index in [0.717, 1.165) is 30.3 Å². The molecule has 0 heterocycles. The van der Waals surface area contributed by atoms with Crippen LogP contribution in [0.15, 0.2) is 47.4 Å². The van der Waals surface area contributed by atoms with Gasteiger partial charge in [-0.25, -0.2) is 17.2 Å². The van der Waals surface area contributed by atoms with Crippen molar-refractivity contribution in [3.05, 3.63) is 65.0 Å². The van der Waals surface area contributed by atoms with Gasteiger partial charge in [-0.3, -0.25) is 4.79 Å². The van der Waals surface area contributed by atoms with Gasteiger partial charge in [-0.05, 0) is 81.3 Å². The number of rotatable bonds is 6. The van der Waals surface area contributed by atoms with Crippen LogP contribution in [0.1, 0.15) is 56.2 Å². The number of alkyl halides is 7. The Labute approximate surface area is 242 Å². The first kappa shape index (κ1) is 33.1. The average molecular weight is 644 g/mol. The van der Waals surface area contributed by atoms with Gasteiger partial charge in [-0.1, -0.05) is 18.2 Å². The van der Waals surface area contributed by atoms with Crippen LogP contribution in [0.4, 0.5) is 35.1 Å². The number of aryl methyl sites for hydroxylation is 1. The molecule has 15 heteroatoms. The van der Waals surface area contributed by atoms with Crippen molar-refractivity contribution in [3.63, 3.8) is 0 Å². The third kappa shape index (κ3) is 5.30. The fourth-order valence-electron chi connectivity index (χ4n) is 6.34. The summed E-state index contributed by atoms with van der Waals surface area (Å²) in [6.07, 6.45) is -15.2. The fraction of sp³-hybridized carbons (Fsp3) is 0.536. The highest BCUT2D eigenvalue weighted by atomic mass is 32.2. The summed E-state index contributed by atoms with van der Waals surface area (Å²) in [6, 6.07) is 4.15. The van der Waals surface area contributed by atoms with Crippen molar-refractivity contribution in [1.29, 1.82) is 0 Å². The number of benzene rings is 2. The summed E-state index contributed by atoms with van der Waals surface area (Å²) >= 11 is 0. The molecule has 6 nitrogen and oxygen atoms in total. The van der Waals surface area contributed by atoms with E-state index in [1.807, 2.05) is 0 Å². The molecule has 1 fully saturated rings. The van der Waals surface area contributed by atoms with Gasteiger partial charge >= 0.3 is 18.0 Å². The fourth-order valence-corrected chi connectivity index (χ4v) is 8.81. The highest BCUT2D eigenvalue weighted by Crippen LogP contribution is 2.58. The molecule has 4 atom stereocenters. The van der Waals surface area contributed by atoms with Crippen LogP contribution in [0.5, 0.6) is 0 Å². The quantitative estimate of drug-likeness (QED) is 0.299. The van der Waals surface area contributed by atoms with Gasteiger partial charge in [0.25, 0.3) is 5.91 Å². The average Bonchev–Trinajstić information content (AvgIpc) is 3.15. The van der Waals surface area contributed by atoms with E-state index in [1.54, 1.807) is 0 Å². The Morgan fingerprint density at radius 1 is 0.977 bits per heavy atom. The summed E-state index contributed by atoms with van der Waals surface area (Å²) in [5, 5.41) is 22.9. The molecule has 43 heavy (non-hydrogen) atoms. The Kier molecular flexibility index (Phi) is 8.23. The lowest BCUT2D eigenvalue weighted by atomic mass is 9.82. The zero-order chi connectivity index (χ0) is 32.4. The Bertz CT molecular complexity index is 1470. The summed E-state index contributed by atoms with van der Waals surface area (Å²) in [6.45, 7) is 2.34. The third-order valence-corrected chi connectivity index (χ3v) is 11.0. The standard InChI is InChI=1S/C28H29F8NO5S/c1-24(2,40)22(38)23(39)37-21-12-13-25(43(41,42)18-9-7-17(29)8-10-18)19-11-6-16(14-15(19)4-3-5-20(21)25)26(30,27(31,32)33)28(34,35)36/h6-11,14,20-22,38,40H,3-5,12-13H2,1-2H3,(H,37,39)/t20-,21+,22-,25+/m0/s1. The lowest BCUT2D eigenvalue weighted by molar-refractivity contribution is -0.348. The predicted octanol–water partition coefficient (Wildman–Crippen LogP) is 5.15. The number of aliphatic hydroxyl groups is 2. The van der Waals surface area contributed by atoms with Crippen molar-refractivity contribution in [2.75, 3.05) is 0 Å². The molecule has 1 amide bonds. The van der Waals surface area contributed by atoms with Gasteiger partial charge in [-0.2, -0.15) is 26.3 Å². The first-order valence-electron chi connectivity index (χ1n) is 13.3. The van der Waals surface area contributed by atoms with Crippen molar-refractivity contribution in [2.24, 2.45) is 5.92 Å². The molecule has 4 rings (SSSR count). The van der Waals surface area contributed by atoms with Gasteiger partial charge in [0.15, 0.2) is 15.9 Å². The van der Waals surface area contributed by atoms with Crippen molar-refractivity contribution in [3.8, 4) is 0 Å². The monoisotopic (exact) mass is 643 g/mol. The van der Waals surface area contributed by atoms with Crippen LogP contribution in [0.2, 0.25) is 0 Å². The van der Waals surface area contributed by atoms with Crippen LogP contribution in [0.25, 0.3) is 0 Å². The summed E-state index contributed by atoms with van der Waals surface area (Å²) in [5.41, 5.74) is -9.76. The molecule has 0 aromatic heterocycles. The second-order valence-corrected chi connectivity index (χ2v) is 13.8. The van der Waals surface area contributed by atoms with E-state index in [9.17, 15) is 58.5 Å². The number of fused-ring (bicyclic) bond motifs is 3. The van der Waals surface area contributed by atoms with E-state index in [-0.39, 0.29) is 54.2 Å². The molecule has 0 radical (unpaired) electrons. The van der Waals surface area contributed by atoms with Gasteiger partial charge in [0.05, 0.1) is 10.5 Å². The van der Waals surface area contributed by atoms with E-state index in [1.165, 1.54) is 13.8 Å². The number of amides is 1. The summed E-state index contributed by atoms with van der Waals surface area (Å²) in [4.78, 5) is 12.4. The third-order valence-electron chi connectivity index (χ3n) is 8.46. The molecule has 0 saturated heterocycles. The Morgan fingerprint density at radius 3 is 2.09 bits per heavy atom. The van der Waals surface area contributed by atoms with Crippen LogP contribution in [0, 0.1) is 11.7 Å². The minimum Gasteiger partial charge on any atom is -0.387 e. The second kappa shape index (κ2) is 10.7. The van der Waals surface area contributed by atoms with Crippen molar-refractivity contribution < 1.29 is 58.5 Å². The van der Waals surface area contributed by atoms with Crippen LogP contribution >= 0.6 is 0 Å². The van der Waals surface area contributed by atoms with Crippen molar-refractivity contribution in [2.45, 2.75) is 91.4 Å². The highest BCUT2D eigenvalue weighted by molar-refractivity contribution is 7.92. The lowest BCUT2D eigenvalue weighted by Crippen LogP contribution is -2.53. The highest BCUT2D eigenvalue weighted by Gasteiger charge is 2.73. The van der Waals surface area contributed by atoms with Crippen LogP contribution in [-0.2, 0) is 31.5 Å². The molecule has 2 aliphatic carbocycles. The molecule has 2 aromatic rings. The summed E-state index contributed by atoms with van der Waals surface area (Å²) in [7, 11) is -4.60. The van der Waals surface area contributed by atoms with E-state index in [4.69, 9.17) is 0 Å². The van der Waals surface area contributed by atoms with Crippen LogP contribution in [0.3, 0.4) is 0 Å². The lowest BCUT2D eigenvalue weighted by Gasteiger charge is -2.38. The number of aliphatic hydroxyl groups excluding tert-OH is 1. The molecule has 2 aliphatic rings. The maximum atomic E-state index is 15.0. The van der Waals surface area contributed by atoms with E-state index >= 15 is 0 Å². The minimum atomic E-state index is -6.38. The number of nitrogens with one attached hydrogen (secondary N) is 1. The van der Waals surface area contributed by atoms with Gasteiger partial charge < -0.3 is 15.5 Å². The largest absolute Gasteiger partial charge is 0.435 e. The Balaban J connectivity index is 1.93. The summed E-state index contributed by atoms with van der Waals surface area (Å²) in [5.74, 6) is -2.81. The molecule has 0 unspecified atom stereocenters. The zero-order valence-electron chi connectivity index (χ0n) is 22.9. The van der Waals surface area contributed by atoms with Crippen LogP contribution in [-0.4, -0.2) is 54.6 Å². The molecule has 1 saturated carbocycles. The zero-order valence-corrected chi connectivity index (χ0v) is 23.7. The molecule has 3 N–H and O–H groups in total. The molecule has 0 bridgehead atoms. The summed E-state index contributed by atoms with van der Waals surface area (Å²) < 4.78 is 137. The number of carbonyl (C=O) groups excluding carboxylic acids is 1. The van der Waals surface area contributed by atoms with Gasteiger partial charge in [0.1, 0.15) is 10.6 Å². The number of hydrogen-bond acceptors (Lipinski definition) is 5. The second-order valence-electron chi connectivity index (χ2n) is 11.6. The first-order chi connectivity index (χ1) is 19.6. The molecule has 0 spiro atoms. The number of carbonyl (C=O) groups is 1. The maximum Gasteiger partial charge on any atom is 0.435 e. The van der Waals surface area contributed by atoms with E-state index in [0.29, 0.717) is 6.07 Å². The van der Waals surface area contributed by atoms with Crippen molar-refractivity contribution >= 4 is 15.7 Å².